The second kappa shape index (κ2) is 11.1. The van der Waals surface area contributed by atoms with Crippen LogP contribution in [0.2, 0.25) is 0 Å². The Labute approximate surface area is 186 Å². The largest absolute Gasteiger partial charge is 0.493 e. The SMILES string of the molecule is COc1ccc(CN2CCNC(=O)C2CC(=O)NCCSc2nccn2C)cc1OC. The van der Waals surface area contributed by atoms with Crippen LogP contribution in [0.1, 0.15) is 12.0 Å². The number of carbonyl (C=O) groups is 2. The summed E-state index contributed by atoms with van der Waals surface area (Å²) in [5.41, 5.74) is 0.990. The molecule has 1 aliphatic rings. The maximum absolute atomic E-state index is 12.5. The monoisotopic (exact) mass is 447 g/mol. The van der Waals surface area contributed by atoms with E-state index in [1.54, 1.807) is 32.2 Å². The standard InChI is InChI=1S/C21H29N5O4S/c1-25-9-6-24-21(25)31-11-8-22-19(27)13-16-20(28)23-7-10-26(16)14-15-4-5-17(29-2)18(12-15)30-3/h4-6,9,12,16H,7-8,10-11,13-14H2,1-3H3,(H,22,27)(H,23,28). The Balaban J connectivity index is 1.54. The van der Waals surface area contributed by atoms with Gasteiger partial charge in [-0.1, -0.05) is 17.8 Å². The van der Waals surface area contributed by atoms with Crippen LogP contribution in [-0.4, -0.2) is 71.9 Å². The average Bonchev–Trinajstić information content (AvgIpc) is 3.18. The number of imidazole rings is 1. The summed E-state index contributed by atoms with van der Waals surface area (Å²) in [5.74, 6) is 1.75. The molecule has 0 bridgehead atoms. The summed E-state index contributed by atoms with van der Waals surface area (Å²) in [4.78, 5) is 31.2. The van der Waals surface area contributed by atoms with Gasteiger partial charge < -0.3 is 24.7 Å². The van der Waals surface area contributed by atoms with E-state index in [0.29, 0.717) is 43.4 Å². The predicted molar refractivity (Wildman–Crippen MR) is 118 cm³/mol. The van der Waals surface area contributed by atoms with Crippen LogP contribution in [0.15, 0.2) is 35.7 Å². The van der Waals surface area contributed by atoms with E-state index in [1.807, 2.05) is 40.9 Å². The Morgan fingerprint density at radius 1 is 1.32 bits per heavy atom. The van der Waals surface area contributed by atoms with Crippen molar-refractivity contribution in [1.82, 2.24) is 25.1 Å². The van der Waals surface area contributed by atoms with E-state index in [9.17, 15) is 9.59 Å². The van der Waals surface area contributed by atoms with Crippen LogP contribution in [0.4, 0.5) is 0 Å². The van der Waals surface area contributed by atoms with Crippen molar-refractivity contribution < 1.29 is 19.1 Å². The minimum Gasteiger partial charge on any atom is -0.493 e. The quantitative estimate of drug-likeness (QED) is 0.415. The number of hydrogen-bond donors (Lipinski definition) is 2. The smallest absolute Gasteiger partial charge is 0.237 e. The number of rotatable bonds is 10. The van der Waals surface area contributed by atoms with Gasteiger partial charge in [0.05, 0.1) is 26.7 Å². The van der Waals surface area contributed by atoms with Crippen LogP contribution in [0, 0.1) is 0 Å². The zero-order valence-corrected chi connectivity index (χ0v) is 18.9. The first-order chi connectivity index (χ1) is 15.0. The van der Waals surface area contributed by atoms with Gasteiger partial charge >= 0.3 is 0 Å². The highest BCUT2D eigenvalue weighted by molar-refractivity contribution is 7.99. The summed E-state index contributed by atoms with van der Waals surface area (Å²) in [7, 11) is 5.12. The van der Waals surface area contributed by atoms with E-state index < -0.39 is 6.04 Å². The molecule has 1 atom stereocenters. The highest BCUT2D eigenvalue weighted by atomic mass is 32.2. The highest BCUT2D eigenvalue weighted by Gasteiger charge is 2.31. The normalized spacial score (nSPS) is 16.6. The molecule has 0 spiro atoms. The number of ether oxygens (including phenoxy) is 2. The Hall–Kier alpha value is -2.72. The van der Waals surface area contributed by atoms with Crippen LogP contribution in [0.25, 0.3) is 0 Å². The fourth-order valence-electron chi connectivity index (χ4n) is 3.46. The van der Waals surface area contributed by atoms with Crippen molar-refractivity contribution in [2.45, 2.75) is 24.2 Å². The second-order valence-corrected chi connectivity index (χ2v) is 8.25. The van der Waals surface area contributed by atoms with E-state index in [1.165, 1.54) is 0 Å². The Kier molecular flexibility index (Phi) is 8.19. The van der Waals surface area contributed by atoms with Gasteiger partial charge in [0.1, 0.15) is 0 Å². The summed E-state index contributed by atoms with van der Waals surface area (Å²) in [5, 5.41) is 6.68. The Morgan fingerprint density at radius 2 is 2.13 bits per heavy atom. The molecule has 1 fully saturated rings. The van der Waals surface area contributed by atoms with Gasteiger partial charge in [-0.2, -0.15) is 0 Å². The van der Waals surface area contributed by atoms with E-state index in [2.05, 4.69) is 15.6 Å². The summed E-state index contributed by atoms with van der Waals surface area (Å²) in [6.45, 7) is 2.29. The summed E-state index contributed by atoms with van der Waals surface area (Å²) in [6, 6.07) is 5.18. The molecule has 1 unspecified atom stereocenters. The molecule has 10 heteroatoms. The molecule has 168 valence electrons. The lowest BCUT2D eigenvalue weighted by Crippen LogP contribution is -2.56. The number of thioether (sulfide) groups is 1. The van der Waals surface area contributed by atoms with Crippen molar-refractivity contribution in [3.05, 3.63) is 36.2 Å². The number of carbonyl (C=O) groups excluding carboxylic acids is 2. The number of benzene rings is 1. The number of nitrogens with one attached hydrogen (secondary N) is 2. The van der Waals surface area contributed by atoms with Crippen molar-refractivity contribution in [1.29, 1.82) is 0 Å². The van der Waals surface area contributed by atoms with Gasteiger partial charge in [-0.05, 0) is 17.7 Å². The van der Waals surface area contributed by atoms with Crippen molar-refractivity contribution in [3.63, 3.8) is 0 Å². The van der Waals surface area contributed by atoms with Gasteiger partial charge in [-0.3, -0.25) is 14.5 Å². The Bertz CT molecular complexity index is 904. The lowest BCUT2D eigenvalue weighted by Gasteiger charge is -2.34. The average molecular weight is 448 g/mol. The third-order valence-corrected chi connectivity index (χ3v) is 6.15. The van der Waals surface area contributed by atoms with Gasteiger partial charge in [0, 0.05) is 51.4 Å². The zero-order valence-electron chi connectivity index (χ0n) is 18.1. The minimum atomic E-state index is -0.510. The molecular formula is C21H29N5O4S. The molecule has 2 aromatic rings. The molecule has 1 saturated heterocycles. The number of hydrogen-bond acceptors (Lipinski definition) is 7. The lowest BCUT2D eigenvalue weighted by atomic mass is 10.1. The molecule has 0 aliphatic carbocycles. The maximum atomic E-state index is 12.5. The van der Waals surface area contributed by atoms with E-state index >= 15 is 0 Å². The molecule has 2 heterocycles. The van der Waals surface area contributed by atoms with Crippen molar-refractivity contribution in [2.75, 3.05) is 39.6 Å². The molecule has 2 amide bonds. The summed E-state index contributed by atoms with van der Waals surface area (Å²) in [6.07, 6.45) is 3.75. The number of aromatic nitrogens is 2. The van der Waals surface area contributed by atoms with Crippen LogP contribution in [0.5, 0.6) is 11.5 Å². The molecular weight excluding hydrogens is 418 g/mol. The first kappa shape index (κ1) is 23.0. The zero-order chi connectivity index (χ0) is 22.2. The third kappa shape index (κ3) is 6.14. The van der Waals surface area contributed by atoms with E-state index in [0.717, 1.165) is 10.7 Å². The van der Waals surface area contributed by atoms with Gasteiger partial charge in [0.25, 0.3) is 0 Å². The van der Waals surface area contributed by atoms with E-state index in [-0.39, 0.29) is 18.2 Å². The molecule has 2 N–H and O–H groups in total. The number of piperazine rings is 1. The molecule has 3 rings (SSSR count). The lowest BCUT2D eigenvalue weighted by molar-refractivity contribution is -0.134. The number of aryl methyl sites for hydroxylation is 1. The molecule has 31 heavy (non-hydrogen) atoms. The fraction of sp³-hybridized carbons (Fsp3) is 0.476. The van der Waals surface area contributed by atoms with Crippen LogP contribution in [-0.2, 0) is 23.2 Å². The molecule has 1 aliphatic heterocycles. The second-order valence-electron chi connectivity index (χ2n) is 7.19. The molecule has 9 nitrogen and oxygen atoms in total. The highest BCUT2D eigenvalue weighted by Crippen LogP contribution is 2.28. The summed E-state index contributed by atoms with van der Waals surface area (Å²) < 4.78 is 12.6. The number of methoxy groups -OCH3 is 2. The number of nitrogens with zero attached hydrogens (tertiary/aromatic N) is 3. The van der Waals surface area contributed by atoms with Crippen LogP contribution < -0.4 is 20.1 Å². The van der Waals surface area contributed by atoms with Gasteiger partial charge in [-0.25, -0.2) is 4.98 Å². The molecule has 0 saturated carbocycles. The van der Waals surface area contributed by atoms with E-state index in [4.69, 9.17) is 9.47 Å². The molecule has 1 aromatic heterocycles. The van der Waals surface area contributed by atoms with Gasteiger partial charge in [0.2, 0.25) is 11.8 Å². The van der Waals surface area contributed by atoms with Gasteiger partial charge in [-0.15, -0.1) is 0 Å². The molecule has 1 aromatic carbocycles. The van der Waals surface area contributed by atoms with Gasteiger partial charge in [0.15, 0.2) is 16.7 Å². The topological polar surface area (TPSA) is 97.7 Å². The first-order valence-corrected chi connectivity index (χ1v) is 11.1. The third-order valence-electron chi connectivity index (χ3n) is 5.09. The molecule has 0 radical (unpaired) electrons. The maximum Gasteiger partial charge on any atom is 0.237 e. The predicted octanol–water partition coefficient (Wildman–Crippen LogP) is 1.04. The van der Waals surface area contributed by atoms with Crippen LogP contribution in [0.3, 0.4) is 0 Å². The Morgan fingerprint density at radius 3 is 2.84 bits per heavy atom. The van der Waals surface area contributed by atoms with Crippen molar-refractivity contribution in [2.24, 2.45) is 7.05 Å². The van der Waals surface area contributed by atoms with Crippen molar-refractivity contribution >= 4 is 23.6 Å². The fourth-order valence-corrected chi connectivity index (χ4v) is 4.24. The summed E-state index contributed by atoms with van der Waals surface area (Å²) >= 11 is 1.58. The number of amides is 2. The minimum absolute atomic E-state index is 0.117. The van der Waals surface area contributed by atoms with Crippen molar-refractivity contribution in [3.8, 4) is 11.5 Å². The van der Waals surface area contributed by atoms with Crippen LogP contribution >= 0.6 is 11.8 Å². The first-order valence-electron chi connectivity index (χ1n) is 10.1.